The number of nitrogens with one attached hydrogen (secondary N) is 1. The van der Waals surface area contributed by atoms with E-state index < -0.39 is 0 Å². The summed E-state index contributed by atoms with van der Waals surface area (Å²) in [5.74, 6) is 0.204. The van der Waals surface area contributed by atoms with Crippen molar-refractivity contribution in [1.82, 2.24) is 20.0 Å². The normalized spacial score (nSPS) is 19.0. The molecule has 5 nitrogen and oxygen atoms in total. The first-order valence-corrected chi connectivity index (χ1v) is 8.70. The third-order valence-corrected chi connectivity index (χ3v) is 4.79. The lowest BCUT2D eigenvalue weighted by atomic mass is 10.1. The van der Waals surface area contributed by atoms with Crippen LogP contribution in [0.2, 0.25) is 0 Å². The highest BCUT2D eigenvalue weighted by atomic mass is 16.2. The Kier molecular flexibility index (Phi) is 5.30. The van der Waals surface area contributed by atoms with Crippen LogP contribution in [0.4, 0.5) is 0 Å². The Hall–Kier alpha value is -2.14. The molecule has 0 saturated carbocycles. The Labute approximate surface area is 143 Å². The van der Waals surface area contributed by atoms with Gasteiger partial charge in [0.25, 0.3) is 0 Å². The van der Waals surface area contributed by atoms with Gasteiger partial charge in [-0.05, 0) is 32.5 Å². The van der Waals surface area contributed by atoms with Crippen molar-refractivity contribution in [3.63, 3.8) is 0 Å². The summed E-state index contributed by atoms with van der Waals surface area (Å²) in [6, 6.07) is 12.1. The number of amides is 1. The quantitative estimate of drug-likeness (QED) is 0.940. The standard InChI is InChI=1S/C19H26N4O/c1-22-12-8-4-7-11-18(22)19(24)23(2)14-16-13-17(21-20-16)15-9-5-3-6-10-15/h3,5-6,9-10,13,18H,4,7-8,11-12,14H2,1-2H3,(H,20,21). The van der Waals surface area contributed by atoms with Gasteiger partial charge in [-0.15, -0.1) is 0 Å². The number of likely N-dealkylation sites (N-methyl/N-ethyl adjacent to an activating group) is 2. The van der Waals surface area contributed by atoms with Gasteiger partial charge in [0, 0.05) is 12.6 Å². The maximum Gasteiger partial charge on any atom is 0.240 e. The van der Waals surface area contributed by atoms with Crippen LogP contribution in [0.3, 0.4) is 0 Å². The molecule has 1 aliphatic rings. The molecule has 2 heterocycles. The minimum Gasteiger partial charge on any atom is -0.339 e. The molecule has 128 valence electrons. The number of aromatic nitrogens is 2. The Morgan fingerprint density at radius 2 is 2.08 bits per heavy atom. The van der Waals surface area contributed by atoms with Gasteiger partial charge in [0.2, 0.25) is 5.91 Å². The number of carbonyl (C=O) groups excluding carboxylic acids is 1. The van der Waals surface area contributed by atoms with Crippen molar-refractivity contribution in [2.24, 2.45) is 0 Å². The summed E-state index contributed by atoms with van der Waals surface area (Å²) < 4.78 is 0. The molecule has 1 fully saturated rings. The van der Waals surface area contributed by atoms with Crippen molar-refractivity contribution in [3.8, 4) is 11.3 Å². The Balaban J connectivity index is 1.65. The third-order valence-electron chi connectivity index (χ3n) is 4.79. The molecule has 0 aliphatic carbocycles. The van der Waals surface area contributed by atoms with Gasteiger partial charge in [-0.2, -0.15) is 5.10 Å². The van der Waals surface area contributed by atoms with E-state index in [1.54, 1.807) is 0 Å². The summed E-state index contributed by atoms with van der Waals surface area (Å²) in [6.07, 6.45) is 4.50. The third kappa shape index (κ3) is 3.85. The monoisotopic (exact) mass is 326 g/mol. The number of hydrogen-bond donors (Lipinski definition) is 1. The van der Waals surface area contributed by atoms with Crippen LogP contribution in [0.25, 0.3) is 11.3 Å². The fourth-order valence-electron chi connectivity index (χ4n) is 3.35. The largest absolute Gasteiger partial charge is 0.339 e. The van der Waals surface area contributed by atoms with Crippen molar-refractivity contribution in [3.05, 3.63) is 42.1 Å². The maximum atomic E-state index is 12.8. The van der Waals surface area contributed by atoms with Gasteiger partial charge in [0.05, 0.1) is 24.0 Å². The van der Waals surface area contributed by atoms with Crippen LogP contribution in [-0.2, 0) is 11.3 Å². The van der Waals surface area contributed by atoms with Crippen LogP contribution in [0.15, 0.2) is 36.4 Å². The number of rotatable bonds is 4. The Bertz CT molecular complexity index is 667. The van der Waals surface area contributed by atoms with E-state index in [0.29, 0.717) is 6.54 Å². The molecular weight excluding hydrogens is 300 g/mol. The Morgan fingerprint density at radius 1 is 1.29 bits per heavy atom. The highest BCUT2D eigenvalue weighted by Gasteiger charge is 2.27. The minimum absolute atomic E-state index is 0.00835. The molecule has 1 aromatic heterocycles. The molecule has 5 heteroatoms. The minimum atomic E-state index is 0.00835. The van der Waals surface area contributed by atoms with Crippen LogP contribution in [0, 0.1) is 0 Å². The molecule has 1 unspecified atom stereocenters. The lowest BCUT2D eigenvalue weighted by Gasteiger charge is -2.28. The van der Waals surface area contributed by atoms with E-state index in [9.17, 15) is 4.79 Å². The van der Waals surface area contributed by atoms with E-state index in [-0.39, 0.29) is 11.9 Å². The predicted octanol–water partition coefficient (Wildman–Crippen LogP) is 2.91. The van der Waals surface area contributed by atoms with Gasteiger partial charge in [-0.3, -0.25) is 14.8 Å². The van der Waals surface area contributed by atoms with Gasteiger partial charge in [0.15, 0.2) is 0 Å². The average Bonchev–Trinajstić information content (AvgIpc) is 2.96. The fourth-order valence-corrected chi connectivity index (χ4v) is 3.35. The molecule has 3 rings (SSSR count). The van der Waals surface area contributed by atoms with Gasteiger partial charge in [-0.25, -0.2) is 0 Å². The van der Waals surface area contributed by atoms with Crippen molar-refractivity contribution in [2.75, 3.05) is 20.6 Å². The molecule has 1 aliphatic heterocycles. The van der Waals surface area contributed by atoms with Crippen molar-refractivity contribution in [2.45, 2.75) is 38.3 Å². The molecule has 2 aromatic rings. The van der Waals surface area contributed by atoms with Crippen molar-refractivity contribution < 1.29 is 4.79 Å². The van der Waals surface area contributed by atoms with Gasteiger partial charge in [-0.1, -0.05) is 43.2 Å². The number of benzene rings is 1. The van der Waals surface area contributed by atoms with Crippen molar-refractivity contribution >= 4 is 5.91 Å². The summed E-state index contributed by atoms with van der Waals surface area (Å²) in [7, 11) is 3.94. The zero-order valence-corrected chi connectivity index (χ0v) is 14.5. The lowest BCUT2D eigenvalue weighted by molar-refractivity contribution is -0.135. The molecule has 1 saturated heterocycles. The van der Waals surface area contributed by atoms with Crippen LogP contribution in [0.5, 0.6) is 0 Å². The van der Waals surface area contributed by atoms with Crippen LogP contribution in [-0.4, -0.2) is 52.6 Å². The van der Waals surface area contributed by atoms with Gasteiger partial charge >= 0.3 is 0 Å². The summed E-state index contributed by atoms with van der Waals surface area (Å²) in [6.45, 7) is 1.56. The molecular formula is C19H26N4O. The summed E-state index contributed by atoms with van der Waals surface area (Å²) in [5, 5.41) is 7.43. The number of hydrogen-bond acceptors (Lipinski definition) is 3. The van der Waals surface area contributed by atoms with Gasteiger partial charge < -0.3 is 4.90 Å². The highest BCUT2D eigenvalue weighted by Crippen LogP contribution is 2.19. The van der Waals surface area contributed by atoms with E-state index in [1.165, 1.54) is 12.8 Å². The zero-order valence-electron chi connectivity index (χ0n) is 14.5. The Morgan fingerprint density at radius 3 is 2.88 bits per heavy atom. The maximum absolute atomic E-state index is 12.8. The van der Waals surface area contributed by atoms with Gasteiger partial charge in [0.1, 0.15) is 0 Å². The molecule has 0 spiro atoms. The van der Waals surface area contributed by atoms with E-state index in [2.05, 4.69) is 22.1 Å². The highest BCUT2D eigenvalue weighted by molar-refractivity contribution is 5.81. The number of likely N-dealkylation sites (tertiary alicyclic amines) is 1. The molecule has 0 bridgehead atoms. The smallest absolute Gasteiger partial charge is 0.240 e. The molecule has 1 amide bonds. The second kappa shape index (κ2) is 7.62. The van der Waals surface area contributed by atoms with E-state index in [1.807, 2.05) is 48.3 Å². The number of nitrogens with zero attached hydrogens (tertiary/aromatic N) is 3. The lowest BCUT2D eigenvalue weighted by Crippen LogP contribution is -2.45. The first-order chi connectivity index (χ1) is 11.6. The van der Waals surface area contributed by atoms with Crippen LogP contribution in [0.1, 0.15) is 31.4 Å². The molecule has 1 atom stereocenters. The molecule has 1 N–H and O–H groups in total. The predicted molar refractivity (Wildman–Crippen MR) is 95.4 cm³/mol. The topological polar surface area (TPSA) is 52.2 Å². The number of H-pyrrole nitrogens is 1. The van der Waals surface area contributed by atoms with Crippen molar-refractivity contribution in [1.29, 1.82) is 0 Å². The molecule has 0 radical (unpaired) electrons. The molecule has 1 aromatic carbocycles. The van der Waals surface area contributed by atoms with E-state index >= 15 is 0 Å². The van der Waals surface area contributed by atoms with Crippen LogP contribution < -0.4 is 0 Å². The second-order valence-electron chi connectivity index (χ2n) is 6.68. The summed E-state index contributed by atoms with van der Waals surface area (Å²) in [4.78, 5) is 16.8. The van der Waals surface area contributed by atoms with Crippen LogP contribution >= 0.6 is 0 Å². The fraction of sp³-hybridized carbons (Fsp3) is 0.474. The average molecular weight is 326 g/mol. The number of carbonyl (C=O) groups is 1. The summed E-state index contributed by atoms with van der Waals surface area (Å²) >= 11 is 0. The SMILES string of the molecule is CN(Cc1cc(-c2ccccc2)n[nH]1)C(=O)C1CCCCCN1C. The van der Waals surface area contributed by atoms with E-state index in [4.69, 9.17) is 0 Å². The first-order valence-electron chi connectivity index (χ1n) is 8.70. The number of aromatic amines is 1. The zero-order chi connectivity index (χ0) is 16.9. The summed E-state index contributed by atoms with van der Waals surface area (Å²) in [5.41, 5.74) is 2.96. The first kappa shape index (κ1) is 16.7. The molecule has 24 heavy (non-hydrogen) atoms. The van der Waals surface area contributed by atoms with E-state index in [0.717, 1.165) is 36.3 Å². The second-order valence-corrected chi connectivity index (χ2v) is 6.68.